The minimum Gasteiger partial charge on any atom is -0.325 e. The van der Waals surface area contributed by atoms with Crippen LogP contribution >= 0.6 is 11.6 Å². The highest BCUT2D eigenvalue weighted by Gasteiger charge is 2.33. The quantitative estimate of drug-likeness (QED) is 0.882. The molecule has 1 aliphatic rings. The number of piperidine rings is 1. The van der Waals surface area contributed by atoms with E-state index in [9.17, 15) is 18.0 Å². The van der Waals surface area contributed by atoms with Gasteiger partial charge in [-0.15, -0.1) is 0 Å². The number of nitrogens with zero attached hydrogens (tertiary/aromatic N) is 1. The van der Waals surface area contributed by atoms with Gasteiger partial charge in [0.25, 0.3) is 0 Å². The van der Waals surface area contributed by atoms with Gasteiger partial charge in [0.05, 0.1) is 6.54 Å². The Balaban J connectivity index is 1.77. The van der Waals surface area contributed by atoms with E-state index in [-0.39, 0.29) is 18.4 Å². The SMILES string of the molecule is Cc1ccc(NC(=O)CN2CCC(CC(F)(F)F)CC2)cc1Cl. The summed E-state index contributed by atoms with van der Waals surface area (Å²) in [5.74, 6) is -0.510. The molecule has 0 unspecified atom stereocenters. The van der Waals surface area contributed by atoms with Crippen molar-refractivity contribution in [2.75, 3.05) is 25.0 Å². The largest absolute Gasteiger partial charge is 0.389 e. The molecule has 0 bridgehead atoms. The topological polar surface area (TPSA) is 32.3 Å². The monoisotopic (exact) mass is 348 g/mol. The lowest BCUT2D eigenvalue weighted by Crippen LogP contribution is -2.40. The van der Waals surface area contributed by atoms with E-state index in [2.05, 4.69) is 5.32 Å². The molecule has 0 atom stereocenters. The Hall–Kier alpha value is -1.27. The van der Waals surface area contributed by atoms with Crippen molar-refractivity contribution in [3.8, 4) is 0 Å². The molecule has 1 aromatic rings. The van der Waals surface area contributed by atoms with E-state index in [0.717, 1.165) is 5.56 Å². The van der Waals surface area contributed by atoms with E-state index in [1.54, 1.807) is 12.1 Å². The number of anilines is 1. The van der Waals surface area contributed by atoms with Crippen molar-refractivity contribution in [1.82, 2.24) is 4.90 Å². The van der Waals surface area contributed by atoms with Crippen LogP contribution in [0.2, 0.25) is 5.02 Å². The summed E-state index contributed by atoms with van der Waals surface area (Å²) >= 11 is 6.00. The predicted molar refractivity (Wildman–Crippen MR) is 84.7 cm³/mol. The molecule has 1 fully saturated rings. The number of halogens is 4. The molecule has 1 N–H and O–H groups in total. The highest BCUT2D eigenvalue weighted by Crippen LogP contribution is 2.30. The first-order valence-corrected chi connectivity index (χ1v) is 7.96. The lowest BCUT2D eigenvalue weighted by atomic mass is 9.93. The number of aryl methyl sites for hydroxylation is 1. The van der Waals surface area contributed by atoms with Gasteiger partial charge >= 0.3 is 6.18 Å². The summed E-state index contributed by atoms with van der Waals surface area (Å²) in [5, 5.41) is 3.34. The van der Waals surface area contributed by atoms with E-state index in [4.69, 9.17) is 11.6 Å². The standard InChI is InChI=1S/C16H20ClF3N2O/c1-11-2-3-13(8-14(11)17)21-15(23)10-22-6-4-12(5-7-22)9-16(18,19)20/h2-3,8,12H,4-7,9-10H2,1H3,(H,21,23). The average Bonchev–Trinajstić information content (AvgIpc) is 2.43. The zero-order valence-corrected chi connectivity index (χ0v) is 13.7. The van der Waals surface area contributed by atoms with Crippen LogP contribution in [0, 0.1) is 12.8 Å². The molecule has 1 aromatic carbocycles. The van der Waals surface area contributed by atoms with E-state index >= 15 is 0 Å². The van der Waals surface area contributed by atoms with Crippen LogP contribution in [0.3, 0.4) is 0 Å². The maximum Gasteiger partial charge on any atom is 0.389 e. The summed E-state index contributed by atoms with van der Waals surface area (Å²) in [6, 6.07) is 5.28. The average molecular weight is 349 g/mol. The Morgan fingerprint density at radius 2 is 2.00 bits per heavy atom. The third-order valence-electron chi connectivity index (χ3n) is 4.05. The molecule has 1 saturated heterocycles. The second-order valence-electron chi connectivity index (χ2n) is 6.05. The Morgan fingerprint density at radius 1 is 1.35 bits per heavy atom. The van der Waals surface area contributed by atoms with E-state index in [1.165, 1.54) is 0 Å². The number of benzene rings is 1. The van der Waals surface area contributed by atoms with Gasteiger partial charge in [0.2, 0.25) is 5.91 Å². The minimum atomic E-state index is -4.10. The highest BCUT2D eigenvalue weighted by molar-refractivity contribution is 6.31. The summed E-state index contributed by atoms with van der Waals surface area (Å²) in [6.07, 6.45) is -3.88. The molecule has 23 heavy (non-hydrogen) atoms. The molecule has 7 heteroatoms. The molecule has 0 radical (unpaired) electrons. The molecule has 1 aliphatic heterocycles. The molecular formula is C16H20ClF3N2O. The Bertz CT molecular complexity index is 555. The first-order valence-electron chi connectivity index (χ1n) is 7.58. The molecule has 128 valence electrons. The van der Waals surface area contributed by atoms with Gasteiger partial charge in [0.1, 0.15) is 0 Å². The lowest BCUT2D eigenvalue weighted by molar-refractivity contribution is -0.147. The third-order valence-corrected chi connectivity index (χ3v) is 4.46. The fourth-order valence-corrected chi connectivity index (χ4v) is 2.93. The molecule has 0 aromatic heterocycles. The Labute approximate surface area is 138 Å². The van der Waals surface area contributed by atoms with Crippen LogP contribution in [0.4, 0.5) is 18.9 Å². The van der Waals surface area contributed by atoms with Crippen LogP contribution in [0.25, 0.3) is 0 Å². The molecule has 1 heterocycles. The summed E-state index contributed by atoms with van der Waals surface area (Å²) < 4.78 is 37.1. The molecule has 0 spiro atoms. The molecular weight excluding hydrogens is 329 g/mol. The van der Waals surface area contributed by atoms with E-state index < -0.39 is 12.6 Å². The van der Waals surface area contributed by atoms with Crippen molar-refractivity contribution in [2.24, 2.45) is 5.92 Å². The van der Waals surface area contributed by atoms with Gasteiger partial charge in [-0.1, -0.05) is 17.7 Å². The molecule has 1 amide bonds. The van der Waals surface area contributed by atoms with Gasteiger partial charge in [-0.3, -0.25) is 9.69 Å². The van der Waals surface area contributed by atoms with Crippen molar-refractivity contribution in [3.63, 3.8) is 0 Å². The number of amides is 1. The van der Waals surface area contributed by atoms with Gasteiger partial charge in [0.15, 0.2) is 0 Å². The minimum absolute atomic E-state index is 0.181. The van der Waals surface area contributed by atoms with Gasteiger partial charge in [0, 0.05) is 17.1 Å². The molecule has 2 rings (SSSR count). The zero-order chi connectivity index (χ0) is 17.0. The van der Waals surface area contributed by atoms with Crippen LogP contribution in [-0.4, -0.2) is 36.6 Å². The number of likely N-dealkylation sites (tertiary alicyclic amines) is 1. The summed E-state index contributed by atoms with van der Waals surface area (Å²) in [6.45, 7) is 3.09. The maximum absolute atomic E-state index is 12.4. The van der Waals surface area contributed by atoms with Crippen molar-refractivity contribution in [1.29, 1.82) is 0 Å². The van der Waals surface area contributed by atoms with Crippen LogP contribution in [0.15, 0.2) is 18.2 Å². The third kappa shape index (κ3) is 6.03. The number of carbonyl (C=O) groups is 1. The van der Waals surface area contributed by atoms with Crippen molar-refractivity contribution in [3.05, 3.63) is 28.8 Å². The van der Waals surface area contributed by atoms with Crippen LogP contribution in [0.5, 0.6) is 0 Å². The first kappa shape index (κ1) is 18.1. The van der Waals surface area contributed by atoms with Gasteiger partial charge in [-0.05, 0) is 56.5 Å². The highest BCUT2D eigenvalue weighted by atomic mass is 35.5. The molecule has 0 saturated carbocycles. The maximum atomic E-state index is 12.4. The van der Waals surface area contributed by atoms with Crippen LogP contribution < -0.4 is 5.32 Å². The molecule has 3 nitrogen and oxygen atoms in total. The fraction of sp³-hybridized carbons (Fsp3) is 0.562. The second-order valence-corrected chi connectivity index (χ2v) is 6.46. The number of carbonyl (C=O) groups excluding carboxylic acids is 1. The summed E-state index contributed by atoms with van der Waals surface area (Å²) in [7, 11) is 0. The normalized spacial score (nSPS) is 17.3. The zero-order valence-electron chi connectivity index (χ0n) is 12.9. The smallest absolute Gasteiger partial charge is 0.325 e. The number of hydrogen-bond donors (Lipinski definition) is 1. The summed E-state index contributed by atoms with van der Waals surface area (Å²) in [4.78, 5) is 13.9. The number of alkyl halides is 3. The van der Waals surface area contributed by atoms with Crippen molar-refractivity contribution < 1.29 is 18.0 Å². The Kier molecular flexibility index (Phi) is 5.92. The van der Waals surface area contributed by atoms with Gasteiger partial charge in [-0.25, -0.2) is 0 Å². The summed E-state index contributed by atoms with van der Waals surface area (Å²) in [5.41, 5.74) is 1.55. The van der Waals surface area contributed by atoms with Crippen LogP contribution in [0.1, 0.15) is 24.8 Å². The number of hydrogen-bond acceptors (Lipinski definition) is 2. The van der Waals surface area contributed by atoms with E-state index in [1.807, 2.05) is 17.9 Å². The lowest BCUT2D eigenvalue weighted by Gasteiger charge is -2.31. The predicted octanol–water partition coefficient (Wildman–Crippen LogP) is 4.25. The number of nitrogens with one attached hydrogen (secondary N) is 1. The number of rotatable bonds is 4. The first-order chi connectivity index (χ1) is 10.7. The van der Waals surface area contributed by atoms with Crippen molar-refractivity contribution in [2.45, 2.75) is 32.4 Å². The van der Waals surface area contributed by atoms with Crippen molar-refractivity contribution >= 4 is 23.2 Å². The van der Waals surface area contributed by atoms with E-state index in [0.29, 0.717) is 36.6 Å². The second kappa shape index (κ2) is 7.53. The Morgan fingerprint density at radius 3 is 2.57 bits per heavy atom. The fourth-order valence-electron chi connectivity index (χ4n) is 2.75. The van der Waals surface area contributed by atoms with Crippen LogP contribution in [-0.2, 0) is 4.79 Å². The van der Waals surface area contributed by atoms with Gasteiger partial charge in [-0.2, -0.15) is 13.2 Å². The molecule has 0 aliphatic carbocycles. The van der Waals surface area contributed by atoms with Gasteiger partial charge < -0.3 is 5.32 Å².